The topological polar surface area (TPSA) is 101 Å². The molecule has 0 saturated heterocycles. The maximum Gasteiger partial charge on any atom is 0.338 e. The van der Waals surface area contributed by atoms with Crippen molar-refractivity contribution in [3.05, 3.63) is 83.3 Å². The van der Waals surface area contributed by atoms with Gasteiger partial charge >= 0.3 is 5.97 Å². The number of aryl methyl sites for hydroxylation is 1. The van der Waals surface area contributed by atoms with Crippen LogP contribution in [0.3, 0.4) is 0 Å². The molecule has 2 aliphatic rings. The Morgan fingerprint density at radius 3 is 2.79 bits per heavy atom. The zero-order chi connectivity index (χ0) is 23.7. The summed E-state index contributed by atoms with van der Waals surface area (Å²) in [5.74, 6) is -0.300. The molecule has 2 aliphatic heterocycles. The van der Waals surface area contributed by atoms with E-state index in [0.717, 1.165) is 21.7 Å². The standard InChI is InChI=1S/C25H21N3O5S/c1-15-4-6-16(7-5-15)18-12-20(21-3-2-10-32-21)28(27-18)24(30)13-33-25(31)17-8-9-22-19(11-17)26-23(29)14-34-22/h2-11,20H,12-14H2,1H3,(H,26,29). The third-order valence-electron chi connectivity index (χ3n) is 5.60. The van der Waals surface area contributed by atoms with Gasteiger partial charge in [-0.1, -0.05) is 29.8 Å². The summed E-state index contributed by atoms with van der Waals surface area (Å²) in [6.07, 6.45) is 2.04. The van der Waals surface area contributed by atoms with Gasteiger partial charge in [-0.05, 0) is 42.8 Å². The van der Waals surface area contributed by atoms with E-state index < -0.39 is 24.5 Å². The highest BCUT2D eigenvalue weighted by molar-refractivity contribution is 8.00. The van der Waals surface area contributed by atoms with E-state index in [2.05, 4.69) is 10.4 Å². The molecule has 0 fully saturated rings. The Labute approximate surface area is 200 Å². The molecule has 1 unspecified atom stereocenters. The first-order valence-corrected chi connectivity index (χ1v) is 11.7. The molecule has 9 heteroatoms. The zero-order valence-corrected chi connectivity index (χ0v) is 19.1. The number of hydrogen-bond donors (Lipinski definition) is 1. The monoisotopic (exact) mass is 475 g/mol. The highest BCUT2D eigenvalue weighted by Crippen LogP contribution is 2.34. The number of nitrogens with one attached hydrogen (secondary N) is 1. The van der Waals surface area contributed by atoms with Crippen LogP contribution in [0, 0.1) is 6.92 Å². The van der Waals surface area contributed by atoms with Crippen LogP contribution in [-0.2, 0) is 14.3 Å². The zero-order valence-electron chi connectivity index (χ0n) is 18.3. The first-order chi connectivity index (χ1) is 16.5. The van der Waals surface area contributed by atoms with Crippen LogP contribution in [0.15, 0.2) is 75.3 Å². The Kier molecular flexibility index (Phi) is 5.93. The van der Waals surface area contributed by atoms with Crippen LogP contribution in [0.4, 0.5) is 5.69 Å². The number of esters is 1. The minimum absolute atomic E-state index is 0.126. The van der Waals surface area contributed by atoms with Gasteiger partial charge in [0, 0.05) is 11.3 Å². The van der Waals surface area contributed by atoms with Gasteiger partial charge in [-0.3, -0.25) is 9.59 Å². The molecule has 3 heterocycles. The molecule has 0 aliphatic carbocycles. The van der Waals surface area contributed by atoms with E-state index in [0.29, 0.717) is 23.6 Å². The van der Waals surface area contributed by atoms with Gasteiger partial charge in [0.2, 0.25) is 5.91 Å². The van der Waals surface area contributed by atoms with Gasteiger partial charge in [0.15, 0.2) is 6.61 Å². The first-order valence-electron chi connectivity index (χ1n) is 10.7. The number of rotatable bonds is 5. The van der Waals surface area contributed by atoms with Crippen molar-refractivity contribution in [1.82, 2.24) is 5.01 Å². The fourth-order valence-electron chi connectivity index (χ4n) is 3.85. The molecule has 1 aromatic heterocycles. The van der Waals surface area contributed by atoms with Crippen molar-refractivity contribution >= 4 is 40.9 Å². The van der Waals surface area contributed by atoms with Crippen LogP contribution in [0.25, 0.3) is 0 Å². The van der Waals surface area contributed by atoms with Crippen LogP contribution in [-0.4, -0.2) is 40.9 Å². The highest BCUT2D eigenvalue weighted by Gasteiger charge is 2.35. The molecular formula is C25H21N3O5S. The van der Waals surface area contributed by atoms with Crippen LogP contribution < -0.4 is 5.32 Å². The van der Waals surface area contributed by atoms with Gasteiger partial charge in [-0.15, -0.1) is 11.8 Å². The number of carbonyl (C=O) groups excluding carboxylic acids is 3. The van der Waals surface area contributed by atoms with Gasteiger partial charge < -0.3 is 14.5 Å². The predicted molar refractivity (Wildman–Crippen MR) is 127 cm³/mol. The van der Waals surface area contributed by atoms with Crippen molar-refractivity contribution in [2.75, 3.05) is 17.7 Å². The van der Waals surface area contributed by atoms with Gasteiger partial charge in [-0.2, -0.15) is 5.10 Å². The van der Waals surface area contributed by atoms with E-state index in [-0.39, 0.29) is 11.5 Å². The lowest BCUT2D eigenvalue weighted by molar-refractivity contribution is -0.136. The number of fused-ring (bicyclic) bond motifs is 1. The molecule has 0 bridgehead atoms. The number of nitrogens with zero attached hydrogens (tertiary/aromatic N) is 2. The van der Waals surface area contributed by atoms with Gasteiger partial charge in [0.05, 0.1) is 29.0 Å². The summed E-state index contributed by atoms with van der Waals surface area (Å²) in [7, 11) is 0. The lowest BCUT2D eigenvalue weighted by Crippen LogP contribution is -2.31. The number of benzene rings is 2. The van der Waals surface area contributed by atoms with E-state index in [4.69, 9.17) is 9.15 Å². The van der Waals surface area contributed by atoms with Crippen molar-refractivity contribution in [2.45, 2.75) is 24.3 Å². The maximum absolute atomic E-state index is 13.0. The fourth-order valence-corrected chi connectivity index (χ4v) is 4.64. The molecule has 3 aromatic rings. The molecule has 5 rings (SSSR count). The quantitative estimate of drug-likeness (QED) is 0.556. The second-order valence-corrected chi connectivity index (χ2v) is 9.03. The Bertz CT molecular complexity index is 1280. The minimum Gasteiger partial charge on any atom is -0.467 e. The van der Waals surface area contributed by atoms with Crippen LogP contribution in [0.5, 0.6) is 0 Å². The van der Waals surface area contributed by atoms with Crippen molar-refractivity contribution in [1.29, 1.82) is 0 Å². The van der Waals surface area contributed by atoms with Crippen molar-refractivity contribution in [3.8, 4) is 0 Å². The van der Waals surface area contributed by atoms with Crippen molar-refractivity contribution < 1.29 is 23.5 Å². The summed E-state index contributed by atoms with van der Waals surface area (Å²) in [6, 6.07) is 16.0. The lowest BCUT2D eigenvalue weighted by atomic mass is 10.0. The van der Waals surface area contributed by atoms with Crippen LogP contribution in [0.1, 0.15) is 39.7 Å². The van der Waals surface area contributed by atoms with E-state index >= 15 is 0 Å². The maximum atomic E-state index is 13.0. The molecule has 1 N–H and O–H groups in total. The normalized spacial score (nSPS) is 17.1. The number of hydrazone groups is 1. The third-order valence-corrected chi connectivity index (χ3v) is 6.67. The minimum atomic E-state index is -0.655. The molecule has 0 spiro atoms. The fraction of sp³-hybridized carbons (Fsp3) is 0.200. The number of ether oxygens (including phenoxy) is 1. The SMILES string of the molecule is Cc1ccc(C2=NN(C(=O)COC(=O)c3ccc4c(c3)NC(=O)CS4)C(c3ccco3)C2)cc1. The molecule has 34 heavy (non-hydrogen) atoms. The van der Waals surface area contributed by atoms with E-state index in [9.17, 15) is 14.4 Å². The van der Waals surface area contributed by atoms with E-state index in [1.807, 2.05) is 31.2 Å². The largest absolute Gasteiger partial charge is 0.467 e. The van der Waals surface area contributed by atoms with Gasteiger partial charge in [0.1, 0.15) is 11.8 Å². The Balaban J connectivity index is 1.31. The number of thioether (sulfide) groups is 1. The molecule has 172 valence electrons. The highest BCUT2D eigenvalue weighted by atomic mass is 32.2. The molecule has 0 saturated carbocycles. The van der Waals surface area contributed by atoms with Crippen molar-refractivity contribution in [2.24, 2.45) is 5.10 Å². The summed E-state index contributed by atoms with van der Waals surface area (Å²) < 4.78 is 10.8. The molecular weight excluding hydrogens is 454 g/mol. The Hall–Kier alpha value is -3.85. The first kappa shape index (κ1) is 22.0. The number of furan rings is 1. The van der Waals surface area contributed by atoms with Gasteiger partial charge in [0.25, 0.3) is 5.91 Å². The number of carbonyl (C=O) groups is 3. The van der Waals surface area contributed by atoms with E-state index in [1.54, 1.807) is 36.6 Å². The van der Waals surface area contributed by atoms with Crippen molar-refractivity contribution in [3.63, 3.8) is 0 Å². The summed E-state index contributed by atoms with van der Waals surface area (Å²) in [6.45, 7) is 1.53. The molecule has 0 radical (unpaired) electrons. The van der Waals surface area contributed by atoms with Crippen LogP contribution >= 0.6 is 11.8 Å². The Morgan fingerprint density at radius 1 is 1.21 bits per heavy atom. The van der Waals surface area contributed by atoms with Gasteiger partial charge in [-0.25, -0.2) is 9.80 Å². The number of anilines is 1. The molecule has 2 amide bonds. The second-order valence-electron chi connectivity index (χ2n) is 8.01. The molecule has 1 atom stereocenters. The second kappa shape index (κ2) is 9.18. The molecule has 2 aromatic carbocycles. The smallest absolute Gasteiger partial charge is 0.338 e. The molecule has 8 nitrogen and oxygen atoms in total. The van der Waals surface area contributed by atoms with Crippen LogP contribution in [0.2, 0.25) is 0 Å². The summed E-state index contributed by atoms with van der Waals surface area (Å²) >= 11 is 1.40. The van der Waals surface area contributed by atoms with E-state index in [1.165, 1.54) is 16.8 Å². The average Bonchev–Trinajstić information content (AvgIpc) is 3.52. The number of hydrogen-bond acceptors (Lipinski definition) is 7. The Morgan fingerprint density at radius 2 is 2.03 bits per heavy atom. The third kappa shape index (κ3) is 4.47. The number of amides is 2. The predicted octanol–water partition coefficient (Wildman–Crippen LogP) is 4.17. The summed E-state index contributed by atoms with van der Waals surface area (Å²) in [4.78, 5) is 38.1. The summed E-state index contributed by atoms with van der Waals surface area (Å²) in [5, 5.41) is 8.60. The lowest BCUT2D eigenvalue weighted by Gasteiger charge is -2.20. The average molecular weight is 476 g/mol. The summed E-state index contributed by atoms with van der Waals surface area (Å²) in [5.41, 5.74) is 3.62.